The van der Waals surface area contributed by atoms with Crippen molar-refractivity contribution in [3.63, 3.8) is 0 Å². The molecule has 0 radical (unpaired) electrons. The zero-order chi connectivity index (χ0) is 10.1. The second kappa shape index (κ2) is 3.57. The van der Waals surface area contributed by atoms with Gasteiger partial charge in [0.25, 0.3) is 0 Å². The number of benzene rings is 1. The quantitative estimate of drug-likeness (QED) is 0.531. The Morgan fingerprint density at radius 3 is 2.64 bits per heavy atom. The summed E-state index contributed by atoms with van der Waals surface area (Å²) in [4.78, 5) is 4.04. The maximum atomic E-state index is 9.09. The van der Waals surface area contributed by atoms with Crippen molar-refractivity contribution in [1.82, 2.24) is 4.98 Å². The molecule has 1 aromatic heterocycles. The van der Waals surface area contributed by atoms with E-state index in [-0.39, 0.29) is 0 Å². The normalized spacial score (nSPS) is 10.5. The molecule has 0 fully saturated rings. The molecule has 0 aliphatic heterocycles. The van der Waals surface area contributed by atoms with Crippen LogP contribution in [-0.2, 0) is 0 Å². The maximum Gasteiger partial charge on any atom is 0.490 e. The number of fused-ring (bicyclic) bond motifs is 1. The van der Waals surface area contributed by atoms with E-state index >= 15 is 0 Å². The van der Waals surface area contributed by atoms with Crippen molar-refractivity contribution in [3.8, 4) is 0 Å². The number of pyridine rings is 1. The van der Waals surface area contributed by atoms with Gasteiger partial charge in [-0.3, -0.25) is 0 Å². The van der Waals surface area contributed by atoms with Crippen molar-refractivity contribution >= 4 is 35.1 Å². The third kappa shape index (κ3) is 1.59. The first-order valence-electron chi connectivity index (χ1n) is 4.10. The molecule has 0 atom stereocenters. The highest BCUT2D eigenvalue weighted by molar-refractivity contribution is 6.61. The minimum absolute atomic E-state index is 0.339. The monoisotopic (exact) mass is 207 g/mol. The molecule has 5 heteroatoms. The van der Waals surface area contributed by atoms with Gasteiger partial charge in [0.15, 0.2) is 0 Å². The van der Waals surface area contributed by atoms with E-state index in [1.54, 1.807) is 24.3 Å². The second-order valence-electron chi connectivity index (χ2n) is 2.93. The molecule has 0 unspecified atom stereocenters. The Labute approximate surface area is 86.1 Å². The first kappa shape index (κ1) is 9.46. The number of aromatic nitrogens is 1. The minimum Gasteiger partial charge on any atom is -0.423 e. The van der Waals surface area contributed by atoms with Crippen molar-refractivity contribution in [2.24, 2.45) is 0 Å². The lowest BCUT2D eigenvalue weighted by atomic mass is 9.79. The van der Waals surface area contributed by atoms with Gasteiger partial charge < -0.3 is 10.0 Å². The topological polar surface area (TPSA) is 53.4 Å². The van der Waals surface area contributed by atoms with Crippen molar-refractivity contribution < 1.29 is 10.0 Å². The third-order valence-corrected chi connectivity index (χ3v) is 2.21. The van der Waals surface area contributed by atoms with Gasteiger partial charge in [-0.15, -0.1) is 0 Å². The lowest BCUT2D eigenvalue weighted by Crippen LogP contribution is -2.30. The van der Waals surface area contributed by atoms with Crippen LogP contribution in [0.5, 0.6) is 0 Å². The third-order valence-electron chi connectivity index (χ3n) is 2.00. The summed E-state index contributed by atoms with van der Waals surface area (Å²) in [5.41, 5.74) is 0.889. The van der Waals surface area contributed by atoms with E-state index < -0.39 is 7.12 Å². The number of hydrogen-bond acceptors (Lipinski definition) is 3. The molecule has 3 nitrogen and oxygen atoms in total. The number of rotatable bonds is 1. The summed E-state index contributed by atoms with van der Waals surface area (Å²) in [6.07, 6.45) is 0. The molecular formula is C9H7BClNO2. The van der Waals surface area contributed by atoms with Gasteiger partial charge in [-0.05, 0) is 17.5 Å². The molecular weight excluding hydrogens is 200 g/mol. The van der Waals surface area contributed by atoms with Crippen LogP contribution in [0.4, 0.5) is 0 Å². The standard InChI is InChI=1S/C9H7BClNO2/c11-8-5-4-6-2-1-3-7(10(13)14)9(6)12-8/h1-5,13-14H. The van der Waals surface area contributed by atoms with Crippen LogP contribution in [0.25, 0.3) is 10.9 Å². The molecule has 2 aromatic rings. The van der Waals surface area contributed by atoms with Crippen molar-refractivity contribution in [2.45, 2.75) is 0 Å². The van der Waals surface area contributed by atoms with Gasteiger partial charge in [-0.2, -0.15) is 0 Å². The zero-order valence-electron chi connectivity index (χ0n) is 7.18. The van der Waals surface area contributed by atoms with Gasteiger partial charge in [0.2, 0.25) is 0 Å². The molecule has 0 spiro atoms. The molecule has 14 heavy (non-hydrogen) atoms. The first-order chi connectivity index (χ1) is 6.68. The summed E-state index contributed by atoms with van der Waals surface area (Å²) < 4.78 is 0. The van der Waals surface area contributed by atoms with Crippen LogP contribution in [0.15, 0.2) is 30.3 Å². The van der Waals surface area contributed by atoms with Gasteiger partial charge in [0.05, 0.1) is 5.52 Å². The lowest BCUT2D eigenvalue weighted by molar-refractivity contribution is 0.426. The smallest absolute Gasteiger partial charge is 0.423 e. The Balaban J connectivity index is 2.77. The van der Waals surface area contributed by atoms with E-state index in [9.17, 15) is 0 Å². The molecule has 0 aliphatic rings. The van der Waals surface area contributed by atoms with E-state index in [2.05, 4.69) is 4.98 Å². The maximum absolute atomic E-state index is 9.09. The average Bonchev–Trinajstić information content (AvgIpc) is 2.16. The molecule has 0 saturated carbocycles. The Hall–Kier alpha value is -1.10. The highest BCUT2D eigenvalue weighted by Gasteiger charge is 2.15. The molecule has 0 amide bonds. The fourth-order valence-corrected chi connectivity index (χ4v) is 1.50. The van der Waals surface area contributed by atoms with Gasteiger partial charge in [-0.1, -0.05) is 29.8 Å². The number of hydrogen-bond donors (Lipinski definition) is 2. The lowest BCUT2D eigenvalue weighted by Gasteiger charge is -2.04. The van der Waals surface area contributed by atoms with E-state index in [0.717, 1.165) is 5.39 Å². The van der Waals surface area contributed by atoms with Gasteiger partial charge in [0, 0.05) is 5.46 Å². The molecule has 2 N–H and O–H groups in total. The van der Waals surface area contributed by atoms with Crippen LogP contribution in [-0.4, -0.2) is 22.2 Å². The Morgan fingerprint density at radius 1 is 1.14 bits per heavy atom. The molecule has 1 heterocycles. The molecule has 0 saturated heterocycles. The largest absolute Gasteiger partial charge is 0.490 e. The van der Waals surface area contributed by atoms with Gasteiger partial charge >= 0.3 is 7.12 Å². The van der Waals surface area contributed by atoms with Gasteiger partial charge in [-0.25, -0.2) is 4.98 Å². The van der Waals surface area contributed by atoms with Crippen LogP contribution in [0.2, 0.25) is 5.15 Å². The molecule has 0 aliphatic carbocycles. The minimum atomic E-state index is -1.52. The van der Waals surface area contributed by atoms with Crippen molar-refractivity contribution in [2.75, 3.05) is 0 Å². The van der Waals surface area contributed by atoms with Crippen LogP contribution < -0.4 is 5.46 Å². The number of nitrogens with zero attached hydrogens (tertiary/aromatic N) is 1. The SMILES string of the molecule is OB(O)c1cccc2ccc(Cl)nc12. The van der Waals surface area contributed by atoms with Crippen LogP contribution in [0.3, 0.4) is 0 Å². The second-order valence-corrected chi connectivity index (χ2v) is 3.31. The highest BCUT2D eigenvalue weighted by atomic mass is 35.5. The van der Waals surface area contributed by atoms with E-state index in [1.165, 1.54) is 0 Å². The molecule has 0 bridgehead atoms. The first-order valence-corrected chi connectivity index (χ1v) is 4.47. The summed E-state index contributed by atoms with van der Waals surface area (Å²) in [6.45, 7) is 0. The van der Waals surface area contributed by atoms with Crippen molar-refractivity contribution in [1.29, 1.82) is 0 Å². The summed E-state index contributed by atoms with van der Waals surface area (Å²) in [7, 11) is -1.52. The molecule has 1 aromatic carbocycles. The van der Waals surface area contributed by atoms with Crippen molar-refractivity contribution in [3.05, 3.63) is 35.5 Å². The molecule has 2 rings (SSSR count). The zero-order valence-corrected chi connectivity index (χ0v) is 7.94. The van der Waals surface area contributed by atoms with Crippen LogP contribution in [0, 0.1) is 0 Å². The fraction of sp³-hybridized carbons (Fsp3) is 0. The predicted octanol–water partition coefficient (Wildman–Crippen LogP) is 0.568. The molecule has 70 valence electrons. The Kier molecular flexibility index (Phi) is 2.41. The number of para-hydroxylation sites is 1. The summed E-state index contributed by atoms with van der Waals surface area (Å²) in [5.74, 6) is 0. The van der Waals surface area contributed by atoms with E-state index in [0.29, 0.717) is 16.1 Å². The van der Waals surface area contributed by atoms with Gasteiger partial charge in [0.1, 0.15) is 5.15 Å². The highest BCUT2D eigenvalue weighted by Crippen LogP contribution is 2.13. The van der Waals surface area contributed by atoms with E-state index in [1.807, 2.05) is 6.07 Å². The van der Waals surface area contributed by atoms with Crippen LogP contribution in [0.1, 0.15) is 0 Å². The summed E-state index contributed by atoms with van der Waals surface area (Å²) >= 11 is 5.72. The summed E-state index contributed by atoms with van der Waals surface area (Å²) in [5, 5.41) is 19.3. The van der Waals surface area contributed by atoms with Crippen LogP contribution >= 0.6 is 11.6 Å². The van der Waals surface area contributed by atoms with E-state index in [4.69, 9.17) is 21.6 Å². The fourth-order valence-electron chi connectivity index (χ4n) is 1.35. The average molecular weight is 207 g/mol. The predicted molar refractivity (Wildman–Crippen MR) is 56.6 cm³/mol. The Morgan fingerprint density at radius 2 is 1.93 bits per heavy atom. The Bertz CT molecular complexity index is 475. The summed E-state index contributed by atoms with van der Waals surface area (Å²) in [6, 6.07) is 8.64. The number of halogens is 1.